The van der Waals surface area contributed by atoms with Gasteiger partial charge < -0.3 is 25.0 Å². The zero-order chi connectivity index (χ0) is 22.3. The molecule has 1 aliphatic carbocycles. The van der Waals surface area contributed by atoms with E-state index in [0.717, 1.165) is 53.9 Å². The van der Waals surface area contributed by atoms with E-state index in [1.807, 2.05) is 53.4 Å². The molecule has 2 aromatic carbocycles. The molecule has 1 fully saturated rings. The number of aliphatic hydroxyl groups is 1. The lowest BCUT2D eigenvalue weighted by Crippen LogP contribution is -2.49. The molecule has 1 saturated carbocycles. The quantitative estimate of drug-likeness (QED) is 0.494. The normalized spacial score (nSPS) is 15.4. The summed E-state index contributed by atoms with van der Waals surface area (Å²) in [6, 6.07) is 15.4. The monoisotopic (exact) mass is 436 g/mol. The van der Waals surface area contributed by atoms with Crippen LogP contribution in [-0.2, 0) is 6.42 Å². The van der Waals surface area contributed by atoms with Crippen LogP contribution in [0.15, 0.2) is 48.5 Å². The Hall–Kier alpha value is -3.06. The molecular weight excluding hydrogens is 404 g/mol. The summed E-state index contributed by atoms with van der Waals surface area (Å²) < 4.78 is 5.27. The van der Waals surface area contributed by atoms with Crippen molar-refractivity contribution in [3.8, 4) is 5.75 Å². The van der Waals surface area contributed by atoms with Crippen LogP contribution in [0.5, 0.6) is 5.75 Å². The molecule has 170 valence electrons. The number of ether oxygens (including phenoxy) is 1. The fourth-order valence-electron chi connectivity index (χ4n) is 4.53. The molecule has 1 atom stereocenters. The molecule has 0 spiro atoms. The molecule has 0 radical (unpaired) electrons. The van der Waals surface area contributed by atoms with Crippen LogP contribution in [0, 0.1) is 0 Å². The van der Waals surface area contributed by atoms with Crippen molar-refractivity contribution >= 4 is 17.1 Å². The molecule has 32 heavy (non-hydrogen) atoms. The summed E-state index contributed by atoms with van der Waals surface area (Å²) in [5.74, 6) is 1.52. The minimum Gasteiger partial charge on any atom is -0.497 e. The summed E-state index contributed by atoms with van der Waals surface area (Å²) in [6.07, 6.45) is 6.03. The number of fused-ring (bicyclic) bond motifs is 1. The van der Waals surface area contributed by atoms with Gasteiger partial charge in [0.2, 0.25) is 0 Å². The Morgan fingerprint density at radius 3 is 2.62 bits per heavy atom. The first-order valence-corrected chi connectivity index (χ1v) is 11.4. The summed E-state index contributed by atoms with van der Waals surface area (Å²) in [5, 5.41) is 12.8. The number of aliphatic hydroxyl groups excluding tert-OH is 1. The highest BCUT2D eigenvalue weighted by Gasteiger charge is 2.28. The van der Waals surface area contributed by atoms with Gasteiger partial charge in [-0.1, -0.05) is 43.5 Å². The van der Waals surface area contributed by atoms with Crippen molar-refractivity contribution in [2.24, 2.45) is 0 Å². The first-order valence-electron chi connectivity index (χ1n) is 11.4. The molecule has 7 heteroatoms. The van der Waals surface area contributed by atoms with Crippen molar-refractivity contribution in [2.75, 3.05) is 20.3 Å². The Kier molecular flexibility index (Phi) is 7.27. The number of para-hydroxylation sites is 2. The number of hydrogen-bond acceptors (Lipinski definition) is 4. The van der Waals surface area contributed by atoms with E-state index in [1.165, 1.54) is 6.42 Å². The number of carbonyl (C=O) groups excluding carboxylic acids is 1. The average molecular weight is 437 g/mol. The lowest BCUT2D eigenvalue weighted by molar-refractivity contribution is 0.132. The van der Waals surface area contributed by atoms with Gasteiger partial charge in [0.05, 0.1) is 30.8 Å². The van der Waals surface area contributed by atoms with Crippen LogP contribution in [0.2, 0.25) is 0 Å². The predicted octanol–water partition coefficient (Wildman–Crippen LogP) is 4.19. The number of benzene rings is 2. The second-order valence-corrected chi connectivity index (χ2v) is 8.40. The highest BCUT2D eigenvalue weighted by Crippen LogP contribution is 2.25. The highest BCUT2D eigenvalue weighted by molar-refractivity contribution is 5.77. The molecule has 7 nitrogen and oxygen atoms in total. The van der Waals surface area contributed by atoms with Crippen molar-refractivity contribution in [3.63, 3.8) is 0 Å². The van der Waals surface area contributed by atoms with E-state index in [2.05, 4.69) is 10.3 Å². The lowest BCUT2D eigenvalue weighted by Gasteiger charge is -2.35. The van der Waals surface area contributed by atoms with Gasteiger partial charge in [-0.25, -0.2) is 9.78 Å². The van der Waals surface area contributed by atoms with Gasteiger partial charge in [0.15, 0.2) is 0 Å². The van der Waals surface area contributed by atoms with Crippen LogP contribution in [0.1, 0.15) is 49.5 Å². The number of nitrogens with zero attached hydrogens (tertiary/aromatic N) is 2. The number of imidazole rings is 1. The third kappa shape index (κ3) is 5.22. The summed E-state index contributed by atoms with van der Waals surface area (Å²) in [7, 11) is 1.65. The topological polar surface area (TPSA) is 90.5 Å². The van der Waals surface area contributed by atoms with Gasteiger partial charge in [0.25, 0.3) is 0 Å². The minimum absolute atomic E-state index is 0.0439. The van der Waals surface area contributed by atoms with Crippen molar-refractivity contribution in [2.45, 2.75) is 50.6 Å². The molecule has 1 aliphatic rings. The molecule has 0 bridgehead atoms. The molecule has 1 aromatic heterocycles. The number of H-pyrrole nitrogens is 1. The standard InChI is InChI=1S/C25H32N4O3/c1-32-20-13-11-18(12-14-20)17-23(24-26-21-9-5-6-10-22(21)27-24)28-25(31)29(15-16-30)19-7-3-2-4-8-19/h5-6,9-14,19,23,30H,2-4,7-8,15-17H2,1H3,(H,26,27)(H,28,31)/t23-/m1/s1. The molecule has 2 amide bonds. The minimum atomic E-state index is -0.326. The van der Waals surface area contributed by atoms with Gasteiger partial charge in [-0.3, -0.25) is 0 Å². The van der Waals surface area contributed by atoms with Crippen LogP contribution in [0.3, 0.4) is 0 Å². The number of aromatic amines is 1. The molecule has 0 aliphatic heterocycles. The van der Waals surface area contributed by atoms with Gasteiger partial charge in [-0.2, -0.15) is 0 Å². The molecule has 1 heterocycles. The SMILES string of the molecule is COc1ccc(C[C@@H](NC(=O)N(CCO)C2CCCCC2)c2nc3ccccc3[nH]2)cc1. The first-order chi connectivity index (χ1) is 15.7. The number of urea groups is 1. The Labute approximate surface area is 188 Å². The Balaban J connectivity index is 1.58. The number of aromatic nitrogens is 2. The molecule has 4 rings (SSSR count). The fourth-order valence-corrected chi connectivity index (χ4v) is 4.53. The second kappa shape index (κ2) is 10.5. The van der Waals surface area contributed by atoms with Crippen molar-refractivity contribution in [1.29, 1.82) is 0 Å². The molecule has 3 N–H and O–H groups in total. The largest absolute Gasteiger partial charge is 0.497 e. The van der Waals surface area contributed by atoms with Crippen LogP contribution >= 0.6 is 0 Å². The van der Waals surface area contributed by atoms with Crippen molar-refractivity contribution in [1.82, 2.24) is 20.2 Å². The zero-order valence-corrected chi connectivity index (χ0v) is 18.6. The Morgan fingerprint density at radius 2 is 1.94 bits per heavy atom. The van der Waals surface area contributed by atoms with Crippen LogP contribution < -0.4 is 10.1 Å². The van der Waals surface area contributed by atoms with E-state index in [4.69, 9.17) is 9.72 Å². The molecule has 0 saturated heterocycles. The van der Waals surface area contributed by atoms with Gasteiger partial charge in [-0.15, -0.1) is 0 Å². The second-order valence-electron chi connectivity index (χ2n) is 8.40. The van der Waals surface area contributed by atoms with E-state index in [1.54, 1.807) is 7.11 Å². The van der Waals surface area contributed by atoms with Crippen LogP contribution in [0.25, 0.3) is 11.0 Å². The van der Waals surface area contributed by atoms with E-state index >= 15 is 0 Å². The maximum absolute atomic E-state index is 13.4. The van der Waals surface area contributed by atoms with Crippen LogP contribution in [0.4, 0.5) is 4.79 Å². The Bertz CT molecular complexity index is 978. The molecular formula is C25H32N4O3. The zero-order valence-electron chi connectivity index (χ0n) is 18.6. The first kappa shape index (κ1) is 22.1. The van der Waals surface area contributed by atoms with Gasteiger partial charge in [-0.05, 0) is 49.1 Å². The number of nitrogens with one attached hydrogen (secondary N) is 2. The number of amides is 2. The smallest absolute Gasteiger partial charge is 0.318 e. The fraction of sp³-hybridized carbons (Fsp3) is 0.440. The number of methoxy groups -OCH3 is 1. The van der Waals surface area contributed by atoms with Crippen molar-refractivity contribution < 1.29 is 14.6 Å². The van der Waals surface area contributed by atoms with E-state index in [-0.39, 0.29) is 24.7 Å². The van der Waals surface area contributed by atoms with Crippen molar-refractivity contribution in [3.05, 3.63) is 59.9 Å². The number of carbonyl (C=O) groups is 1. The predicted molar refractivity (Wildman–Crippen MR) is 125 cm³/mol. The Morgan fingerprint density at radius 1 is 1.19 bits per heavy atom. The van der Waals surface area contributed by atoms with E-state index in [0.29, 0.717) is 13.0 Å². The summed E-state index contributed by atoms with van der Waals surface area (Å²) in [5.41, 5.74) is 2.88. The van der Waals surface area contributed by atoms with Gasteiger partial charge in [0, 0.05) is 12.6 Å². The van der Waals surface area contributed by atoms with E-state index < -0.39 is 0 Å². The lowest BCUT2D eigenvalue weighted by atomic mass is 9.94. The van der Waals surface area contributed by atoms with Gasteiger partial charge >= 0.3 is 6.03 Å². The third-order valence-corrected chi connectivity index (χ3v) is 6.25. The number of hydrogen-bond donors (Lipinski definition) is 3. The maximum Gasteiger partial charge on any atom is 0.318 e. The van der Waals surface area contributed by atoms with Crippen LogP contribution in [-0.4, -0.2) is 52.3 Å². The average Bonchev–Trinajstić information content (AvgIpc) is 3.27. The molecule has 3 aromatic rings. The summed E-state index contributed by atoms with van der Waals surface area (Å²) >= 11 is 0. The van der Waals surface area contributed by atoms with E-state index in [9.17, 15) is 9.90 Å². The maximum atomic E-state index is 13.4. The van der Waals surface area contributed by atoms with Gasteiger partial charge in [0.1, 0.15) is 11.6 Å². The summed E-state index contributed by atoms with van der Waals surface area (Å²) in [6.45, 7) is 0.295. The summed E-state index contributed by atoms with van der Waals surface area (Å²) in [4.78, 5) is 23.3. The third-order valence-electron chi connectivity index (χ3n) is 6.25. The highest BCUT2D eigenvalue weighted by atomic mass is 16.5. The number of rotatable bonds is 8. The molecule has 0 unspecified atom stereocenters.